The lowest BCUT2D eigenvalue weighted by molar-refractivity contribution is -0.108. The summed E-state index contributed by atoms with van der Waals surface area (Å²) < 4.78 is 5.44. The first-order valence-electron chi connectivity index (χ1n) is 5.22. The predicted octanol–water partition coefficient (Wildman–Crippen LogP) is 3.15. The summed E-state index contributed by atoms with van der Waals surface area (Å²) >= 11 is 5.26. The quantitative estimate of drug-likeness (QED) is 0.458. The highest BCUT2D eigenvalue weighted by molar-refractivity contribution is 6.68. The SMILES string of the molecule is CCCOc1cccc(C=C(C#N)C(=O)Cl)c1. The summed E-state index contributed by atoms with van der Waals surface area (Å²) in [5, 5.41) is 7.96. The minimum Gasteiger partial charge on any atom is -0.494 e. The van der Waals surface area contributed by atoms with Crippen LogP contribution in [-0.2, 0) is 4.79 Å². The van der Waals surface area contributed by atoms with Gasteiger partial charge in [0.05, 0.1) is 6.61 Å². The third kappa shape index (κ3) is 4.29. The van der Waals surface area contributed by atoms with Crippen molar-refractivity contribution < 1.29 is 9.53 Å². The van der Waals surface area contributed by atoms with Crippen LogP contribution < -0.4 is 4.74 Å². The Morgan fingerprint density at radius 3 is 2.94 bits per heavy atom. The van der Waals surface area contributed by atoms with Crippen molar-refractivity contribution in [2.24, 2.45) is 0 Å². The standard InChI is InChI=1S/C13H12ClNO2/c1-2-6-17-12-5-3-4-10(8-12)7-11(9-15)13(14)16/h3-5,7-8H,2,6H2,1H3. The Kier molecular flexibility index (Phi) is 5.25. The van der Waals surface area contributed by atoms with Crippen molar-refractivity contribution in [2.75, 3.05) is 6.61 Å². The number of hydrogen-bond donors (Lipinski definition) is 0. The van der Waals surface area contributed by atoms with Crippen LogP contribution in [0.5, 0.6) is 5.75 Å². The molecule has 0 radical (unpaired) electrons. The third-order valence-corrected chi connectivity index (χ3v) is 2.18. The Hall–Kier alpha value is -1.79. The van der Waals surface area contributed by atoms with Crippen molar-refractivity contribution in [2.45, 2.75) is 13.3 Å². The predicted molar refractivity (Wildman–Crippen MR) is 66.7 cm³/mol. The smallest absolute Gasteiger partial charge is 0.262 e. The van der Waals surface area contributed by atoms with E-state index in [0.29, 0.717) is 17.9 Å². The van der Waals surface area contributed by atoms with Gasteiger partial charge in [0, 0.05) is 0 Å². The highest BCUT2D eigenvalue weighted by Gasteiger charge is 2.04. The number of hydrogen-bond acceptors (Lipinski definition) is 3. The molecule has 0 fully saturated rings. The summed E-state index contributed by atoms with van der Waals surface area (Å²) in [6.45, 7) is 2.65. The van der Waals surface area contributed by atoms with E-state index in [4.69, 9.17) is 21.6 Å². The molecule has 88 valence electrons. The average Bonchev–Trinajstić information content (AvgIpc) is 2.33. The van der Waals surface area contributed by atoms with Gasteiger partial charge in [0.25, 0.3) is 5.24 Å². The minimum absolute atomic E-state index is 0.0840. The lowest BCUT2D eigenvalue weighted by Crippen LogP contribution is -1.95. The monoisotopic (exact) mass is 249 g/mol. The van der Waals surface area contributed by atoms with Gasteiger partial charge in [-0.2, -0.15) is 5.26 Å². The molecule has 1 aromatic carbocycles. The van der Waals surface area contributed by atoms with E-state index in [2.05, 4.69) is 0 Å². The van der Waals surface area contributed by atoms with Crippen molar-refractivity contribution in [3.05, 3.63) is 35.4 Å². The van der Waals surface area contributed by atoms with E-state index in [0.717, 1.165) is 6.42 Å². The van der Waals surface area contributed by atoms with Crippen LogP contribution in [0.4, 0.5) is 0 Å². The fourth-order valence-electron chi connectivity index (χ4n) is 1.21. The number of allylic oxidation sites excluding steroid dienone is 1. The first-order valence-corrected chi connectivity index (χ1v) is 5.59. The zero-order valence-electron chi connectivity index (χ0n) is 9.44. The molecule has 0 aliphatic rings. The van der Waals surface area contributed by atoms with Crippen LogP contribution in [0, 0.1) is 11.3 Å². The van der Waals surface area contributed by atoms with Crippen LogP contribution in [0.2, 0.25) is 0 Å². The summed E-state index contributed by atoms with van der Waals surface area (Å²) in [6.07, 6.45) is 2.36. The van der Waals surface area contributed by atoms with Gasteiger partial charge < -0.3 is 4.74 Å². The maximum absolute atomic E-state index is 10.9. The van der Waals surface area contributed by atoms with Crippen LogP contribution in [0.15, 0.2) is 29.8 Å². The first-order chi connectivity index (χ1) is 8.17. The van der Waals surface area contributed by atoms with Gasteiger partial charge in [0.2, 0.25) is 0 Å². The maximum Gasteiger partial charge on any atom is 0.262 e. The van der Waals surface area contributed by atoms with E-state index in [-0.39, 0.29) is 5.57 Å². The van der Waals surface area contributed by atoms with Crippen LogP contribution in [0.25, 0.3) is 6.08 Å². The van der Waals surface area contributed by atoms with Crippen molar-refractivity contribution in [3.8, 4) is 11.8 Å². The molecular formula is C13H12ClNO2. The van der Waals surface area contributed by atoms with Crippen molar-refractivity contribution in [3.63, 3.8) is 0 Å². The molecule has 0 aliphatic carbocycles. The van der Waals surface area contributed by atoms with Gasteiger partial charge in [-0.1, -0.05) is 19.1 Å². The van der Waals surface area contributed by atoms with Gasteiger partial charge >= 0.3 is 0 Å². The normalized spacial score (nSPS) is 10.8. The molecular weight excluding hydrogens is 238 g/mol. The van der Waals surface area contributed by atoms with Gasteiger partial charge in [0.15, 0.2) is 0 Å². The molecule has 3 nitrogen and oxygen atoms in total. The zero-order chi connectivity index (χ0) is 12.7. The van der Waals surface area contributed by atoms with Crippen molar-refractivity contribution >= 4 is 22.9 Å². The lowest BCUT2D eigenvalue weighted by atomic mass is 10.1. The molecule has 0 aliphatic heterocycles. The molecule has 0 heterocycles. The lowest BCUT2D eigenvalue weighted by Gasteiger charge is -2.04. The topological polar surface area (TPSA) is 50.1 Å². The molecule has 0 amide bonds. The third-order valence-electron chi connectivity index (χ3n) is 1.97. The van der Waals surface area contributed by atoms with Gasteiger partial charge in [0.1, 0.15) is 17.4 Å². The summed E-state index contributed by atoms with van der Waals surface area (Å²) in [5.41, 5.74) is 0.628. The number of carbonyl (C=O) groups excluding carboxylic acids is 1. The number of halogens is 1. The first kappa shape index (κ1) is 13.3. The van der Waals surface area contributed by atoms with E-state index in [1.54, 1.807) is 24.3 Å². The molecule has 0 bridgehead atoms. The number of nitriles is 1. The Balaban J connectivity index is 2.92. The van der Waals surface area contributed by atoms with E-state index in [9.17, 15) is 4.79 Å². The summed E-state index contributed by atoms with van der Waals surface area (Å²) in [5.74, 6) is 0.708. The van der Waals surface area contributed by atoms with E-state index in [1.807, 2.05) is 13.0 Å². The number of nitrogens with zero attached hydrogens (tertiary/aromatic N) is 1. The molecule has 4 heteroatoms. The number of rotatable bonds is 5. The highest BCUT2D eigenvalue weighted by Crippen LogP contribution is 2.16. The molecule has 0 saturated carbocycles. The number of ether oxygens (including phenoxy) is 1. The van der Waals surface area contributed by atoms with E-state index >= 15 is 0 Å². The van der Waals surface area contributed by atoms with Crippen LogP contribution >= 0.6 is 11.6 Å². The molecule has 0 atom stereocenters. The molecule has 0 spiro atoms. The van der Waals surface area contributed by atoms with Crippen LogP contribution in [0.3, 0.4) is 0 Å². The second kappa shape index (κ2) is 6.72. The Morgan fingerprint density at radius 2 is 2.35 bits per heavy atom. The summed E-state index contributed by atoms with van der Waals surface area (Å²) in [6, 6.07) is 8.90. The molecule has 0 N–H and O–H groups in total. The Labute approximate surface area is 105 Å². The Morgan fingerprint density at radius 1 is 1.59 bits per heavy atom. The number of carbonyl (C=O) groups is 1. The molecule has 0 aromatic heterocycles. The van der Waals surface area contributed by atoms with Gasteiger partial charge in [-0.3, -0.25) is 4.79 Å². The minimum atomic E-state index is -0.757. The Bertz CT molecular complexity index is 475. The molecule has 0 saturated heterocycles. The van der Waals surface area contributed by atoms with Gasteiger partial charge in [-0.15, -0.1) is 0 Å². The van der Waals surface area contributed by atoms with Crippen molar-refractivity contribution in [1.82, 2.24) is 0 Å². The number of benzene rings is 1. The van der Waals surface area contributed by atoms with Gasteiger partial charge in [-0.05, 0) is 41.8 Å². The fourth-order valence-corrected chi connectivity index (χ4v) is 1.31. The maximum atomic E-state index is 10.9. The van der Waals surface area contributed by atoms with Crippen LogP contribution in [0.1, 0.15) is 18.9 Å². The zero-order valence-corrected chi connectivity index (χ0v) is 10.2. The molecule has 1 aromatic rings. The average molecular weight is 250 g/mol. The highest BCUT2D eigenvalue weighted by atomic mass is 35.5. The van der Waals surface area contributed by atoms with E-state index in [1.165, 1.54) is 6.08 Å². The molecule has 0 unspecified atom stereocenters. The summed E-state index contributed by atoms with van der Waals surface area (Å²) in [4.78, 5) is 10.9. The second-order valence-corrected chi connectivity index (χ2v) is 3.71. The second-order valence-electron chi connectivity index (χ2n) is 3.36. The van der Waals surface area contributed by atoms with Crippen LogP contribution in [-0.4, -0.2) is 11.8 Å². The molecule has 17 heavy (non-hydrogen) atoms. The molecule has 1 rings (SSSR count). The van der Waals surface area contributed by atoms with E-state index < -0.39 is 5.24 Å². The fraction of sp³-hybridized carbons (Fsp3) is 0.231. The van der Waals surface area contributed by atoms with Crippen molar-refractivity contribution in [1.29, 1.82) is 5.26 Å². The van der Waals surface area contributed by atoms with Gasteiger partial charge in [-0.25, -0.2) is 0 Å². The largest absolute Gasteiger partial charge is 0.494 e. The summed E-state index contributed by atoms with van der Waals surface area (Å²) in [7, 11) is 0.